The van der Waals surface area contributed by atoms with E-state index >= 15 is 0 Å². The Morgan fingerprint density at radius 2 is 1.94 bits per heavy atom. The van der Waals surface area contributed by atoms with Gasteiger partial charge in [-0.05, 0) is 42.5 Å². The molecule has 0 amide bonds. The third-order valence-corrected chi connectivity index (χ3v) is 7.06. The number of hydrogen-bond donors (Lipinski definition) is 1. The second kappa shape index (κ2) is 8.62. The number of aromatic hydroxyl groups is 1. The first-order valence-electron chi connectivity index (χ1n) is 9.87. The number of nitrogens with zero attached hydrogens (tertiary/aromatic N) is 3. The van der Waals surface area contributed by atoms with Gasteiger partial charge in [-0.1, -0.05) is 0 Å². The van der Waals surface area contributed by atoms with Crippen LogP contribution >= 0.6 is 0 Å². The molecule has 0 saturated heterocycles. The van der Waals surface area contributed by atoms with E-state index in [2.05, 4.69) is 9.97 Å². The van der Waals surface area contributed by atoms with Crippen molar-refractivity contribution in [3.05, 3.63) is 65.9 Å². The molecule has 168 valence electrons. The number of benzene rings is 2. The summed E-state index contributed by atoms with van der Waals surface area (Å²) in [6.45, 7) is -0.175. The molecule has 0 unspecified atom stereocenters. The van der Waals surface area contributed by atoms with Crippen molar-refractivity contribution in [2.24, 2.45) is 0 Å². The molecule has 0 aliphatic heterocycles. The van der Waals surface area contributed by atoms with E-state index in [4.69, 9.17) is 9.47 Å². The van der Waals surface area contributed by atoms with Crippen LogP contribution < -0.4 is 13.8 Å². The van der Waals surface area contributed by atoms with Gasteiger partial charge in [-0.3, -0.25) is 0 Å². The zero-order valence-electron chi connectivity index (χ0n) is 17.5. The van der Waals surface area contributed by atoms with Gasteiger partial charge in [-0.15, -0.1) is 0 Å². The fourth-order valence-corrected chi connectivity index (χ4v) is 4.94. The van der Waals surface area contributed by atoms with Crippen molar-refractivity contribution >= 4 is 15.8 Å². The summed E-state index contributed by atoms with van der Waals surface area (Å²) in [6.07, 6.45) is 4.25. The molecule has 32 heavy (non-hydrogen) atoms. The standard InChI is InChI=1S/C22H22FN3O5S/c1-30-16-6-5-15(20(9-16)31-2)12-26(22-7-8-24-13-25-22)32(28,29)21-10-17(14-3-4-14)19(27)11-18(21)23/h5-11,13-14,27H,3-4,12H2,1-2H3. The number of phenols is 1. The molecule has 10 heteroatoms. The van der Waals surface area contributed by atoms with Gasteiger partial charge in [0, 0.05) is 30.0 Å². The topological polar surface area (TPSA) is 102 Å². The van der Waals surface area contributed by atoms with E-state index in [-0.39, 0.29) is 24.0 Å². The molecule has 0 spiro atoms. The fourth-order valence-electron chi connectivity index (χ4n) is 3.45. The summed E-state index contributed by atoms with van der Waals surface area (Å²) in [5, 5.41) is 10.1. The van der Waals surface area contributed by atoms with Crippen LogP contribution in [0.3, 0.4) is 0 Å². The lowest BCUT2D eigenvalue weighted by Gasteiger charge is -2.25. The molecular formula is C22H22FN3O5S. The lowest BCUT2D eigenvalue weighted by molar-refractivity contribution is 0.391. The summed E-state index contributed by atoms with van der Waals surface area (Å²) in [7, 11) is -1.43. The highest BCUT2D eigenvalue weighted by atomic mass is 32.2. The average molecular weight is 459 g/mol. The quantitative estimate of drug-likeness (QED) is 0.549. The number of methoxy groups -OCH3 is 2. The average Bonchev–Trinajstić information content (AvgIpc) is 3.63. The summed E-state index contributed by atoms with van der Waals surface area (Å²) in [5.74, 6) is -0.233. The van der Waals surface area contributed by atoms with Crippen molar-refractivity contribution in [2.45, 2.75) is 30.2 Å². The third kappa shape index (κ3) is 4.18. The van der Waals surface area contributed by atoms with Gasteiger partial charge >= 0.3 is 0 Å². The Labute approximate surface area is 185 Å². The van der Waals surface area contributed by atoms with Crippen molar-refractivity contribution in [1.29, 1.82) is 0 Å². The van der Waals surface area contributed by atoms with Crippen LogP contribution in [0.1, 0.15) is 29.9 Å². The molecule has 1 heterocycles. The maximum Gasteiger partial charge on any atom is 0.268 e. The Morgan fingerprint density at radius 3 is 2.56 bits per heavy atom. The van der Waals surface area contributed by atoms with Crippen LogP contribution in [0.4, 0.5) is 10.2 Å². The van der Waals surface area contributed by atoms with E-state index in [9.17, 15) is 17.9 Å². The van der Waals surface area contributed by atoms with Crippen LogP contribution in [0, 0.1) is 5.82 Å². The fraction of sp³-hybridized carbons (Fsp3) is 0.273. The molecular weight excluding hydrogens is 437 g/mol. The van der Waals surface area contributed by atoms with E-state index < -0.39 is 20.7 Å². The predicted molar refractivity (Wildman–Crippen MR) is 115 cm³/mol. The van der Waals surface area contributed by atoms with Crippen molar-refractivity contribution in [2.75, 3.05) is 18.5 Å². The Morgan fingerprint density at radius 1 is 1.16 bits per heavy atom. The van der Waals surface area contributed by atoms with Gasteiger partial charge in [0.2, 0.25) is 0 Å². The van der Waals surface area contributed by atoms with Crippen molar-refractivity contribution < 1.29 is 27.4 Å². The van der Waals surface area contributed by atoms with Gasteiger partial charge in [0.15, 0.2) is 0 Å². The van der Waals surface area contributed by atoms with Gasteiger partial charge in [0.25, 0.3) is 10.0 Å². The molecule has 3 aromatic rings. The summed E-state index contributed by atoms with van der Waals surface area (Å²) in [5.41, 5.74) is 0.951. The van der Waals surface area contributed by atoms with E-state index in [0.29, 0.717) is 22.6 Å². The molecule has 0 radical (unpaired) electrons. The SMILES string of the molecule is COc1ccc(CN(c2ccncn2)S(=O)(=O)c2cc(C3CC3)c(O)cc2F)c(OC)c1. The van der Waals surface area contributed by atoms with Crippen molar-refractivity contribution in [1.82, 2.24) is 9.97 Å². The molecule has 8 nitrogen and oxygen atoms in total. The molecule has 2 aromatic carbocycles. The number of ether oxygens (including phenoxy) is 2. The summed E-state index contributed by atoms with van der Waals surface area (Å²) in [6, 6.07) is 8.48. The molecule has 1 aliphatic rings. The van der Waals surface area contributed by atoms with Crippen molar-refractivity contribution in [3.8, 4) is 17.2 Å². The lowest BCUT2D eigenvalue weighted by atomic mass is 10.1. The predicted octanol–water partition coefficient (Wildman–Crippen LogP) is 3.61. The van der Waals surface area contributed by atoms with Crippen LogP contribution in [-0.4, -0.2) is 37.7 Å². The highest BCUT2D eigenvalue weighted by Crippen LogP contribution is 2.45. The number of aromatic nitrogens is 2. The van der Waals surface area contributed by atoms with Crippen LogP contribution in [0.25, 0.3) is 0 Å². The maximum absolute atomic E-state index is 14.8. The van der Waals surface area contributed by atoms with Crippen LogP contribution in [-0.2, 0) is 16.6 Å². The van der Waals surface area contributed by atoms with Gasteiger partial charge in [0.1, 0.15) is 40.1 Å². The first-order chi connectivity index (χ1) is 15.3. The summed E-state index contributed by atoms with van der Waals surface area (Å²) >= 11 is 0. The minimum Gasteiger partial charge on any atom is -0.508 e. The van der Waals surface area contributed by atoms with Crippen LogP contribution in [0.15, 0.2) is 53.8 Å². The first-order valence-corrected chi connectivity index (χ1v) is 11.3. The Kier molecular flexibility index (Phi) is 5.88. The van der Waals surface area contributed by atoms with Crippen LogP contribution in [0.5, 0.6) is 17.2 Å². The highest BCUT2D eigenvalue weighted by Gasteiger charge is 2.34. The minimum absolute atomic E-state index is 0.0266. The smallest absolute Gasteiger partial charge is 0.268 e. The number of anilines is 1. The molecule has 1 aliphatic carbocycles. The van der Waals surface area contributed by atoms with E-state index in [1.54, 1.807) is 18.2 Å². The van der Waals surface area contributed by atoms with E-state index in [1.165, 1.54) is 38.9 Å². The maximum atomic E-state index is 14.8. The Hall–Kier alpha value is -3.40. The summed E-state index contributed by atoms with van der Waals surface area (Å²) in [4.78, 5) is 7.39. The molecule has 1 fully saturated rings. The first kappa shape index (κ1) is 21.8. The molecule has 0 bridgehead atoms. The monoisotopic (exact) mass is 459 g/mol. The van der Waals surface area contributed by atoms with E-state index in [0.717, 1.165) is 23.2 Å². The number of sulfonamides is 1. The van der Waals surface area contributed by atoms with E-state index in [1.807, 2.05) is 0 Å². The minimum atomic E-state index is -4.40. The molecule has 4 rings (SSSR count). The number of halogens is 1. The lowest BCUT2D eigenvalue weighted by Crippen LogP contribution is -2.32. The van der Waals surface area contributed by atoms with Gasteiger partial charge in [-0.25, -0.2) is 27.1 Å². The Balaban J connectivity index is 1.82. The molecule has 1 N–H and O–H groups in total. The zero-order chi connectivity index (χ0) is 22.9. The zero-order valence-corrected chi connectivity index (χ0v) is 18.3. The van der Waals surface area contributed by atoms with Gasteiger partial charge in [0.05, 0.1) is 20.8 Å². The largest absolute Gasteiger partial charge is 0.508 e. The Bertz CT molecular complexity index is 1230. The number of phenolic OH excluding ortho intramolecular Hbond substituents is 1. The molecule has 1 aromatic heterocycles. The second-order valence-corrected chi connectivity index (χ2v) is 9.20. The van der Waals surface area contributed by atoms with Crippen molar-refractivity contribution in [3.63, 3.8) is 0 Å². The molecule has 0 atom stereocenters. The highest BCUT2D eigenvalue weighted by molar-refractivity contribution is 7.92. The normalized spacial score (nSPS) is 13.6. The summed E-state index contributed by atoms with van der Waals surface area (Å²) < 4.78 is 53.8. The van der Waals surface area contributed by atoms with Gasteiger partial charge < -0.3 is 14.6 Å². The number of rotatable bonds is 8. The third-order valence-electron chi connectivity index (χ3n) is 5.30. The number of hydrogen-bond acceptors (Lipinski definition) is 7. The molecule has 1 saturated carbocycles. The van der Waals surface area contributed by atoms with Gasteiger partial charge in [-0.2, -0.15) is 0 Å². The second-order valence-electron chi connectivity index (χ2n) is 7.37. The van der Waals surface area contributed by atoms with Crippen LogP contribution in [0.2, 0.25) is 0 Å².